The highest BCUT2D eigenvalue weighted by atomic mass is 32.2. The summed E-state index contributed by atoms with van der Waals surface area (Å²) >= 11 is 0. The number of fused-ring (bicyclic) bond motifs is 1. The van der Waals surface area contributed by atoms with E-state index >= 15 is 0 Å². The van der Waals surface area contributed by atoms with Crippen molar-refractivity contribution in [1.82, 2.24) is 4.31 Å². The van der Waals surface area contributed by atoms with E-state index in [-0.39, 0.29) is 29.9 Å². The molecule has 0 unspecified atom stereocenters. The summed E-state index contributed by atoms with van der Waals surface area (Å²) in [6.45, 7) is 4.01. The fraction of sp³-hybridized carbons (Fsp3) is 0.391. The van der Waals surface area contributed by atoms with Crippen molar-refractivity contribution in [3.8, 4) is 11.5 Å². The Kier molecular flexibility index (Phi) is 6.31. The molecule has 33 heavy (non-hydrogen) atoms. The van der Waals surface area contributed by atoms with Crippen LogP contribution >= 0.6 is 0 Å². The summed E-state index contributed by atoms with van der Waals surface area (Å²) < 4.78 is 39.2. The van der Waals surface area contributed by atoms with Crippen molar-refractivity contribution in [2.75, 3.05) is 37.0 Å². The molecule has 9 nitrogen and oxygen atoms in total. The van der Waals surface area contributed by atoms with Gasteiger partial charge >= 0.3 is 0 Å². The maximum Gasteiger partial charge on any atom is 0.262 e. The van der Waals surface area contributed by atoms with Gasteiger partial charge in [-0.25, -0.2) is 8.42 Å². The maximum atomic E-state index is 13.6. The lowest BCUT2D eigenvalue weighted by Crippen LogP contribution is -2.48. The number of sulfonamides is 1. The first-order valence-electron chi connectivity index (χ1n) is 10.8. The van der Waals surface area contributed by atoms with Crippen molar-refractivity contribution in [3.63, 3.8) is 0 Å². The molecule has 0 spiro atoms. The highest BCUT2D eigenvalue weighted by Gasteiger charge is 2.42. The van der Waals surface area contributed by atoms with Crippen LogP contribution < -0.4 is 19.7 Å². The molecule has 4 rings (SSSR count). The molecule has 2 aromatic rings. The SMILES string of the molecule is CCN(C(=O)[C@@H]1CCCN1S(=O)(=O)c1cc2c(cc1C)NC(=O)CO2)c1ccc(OC)cc1. The lowest BCUT2D eigenvalue weighted by Gasteiger charge is -2.30. The van der Waals surface area contributed by atoms with Gasteiger partial charge in [0.1, 0.15) is 17.5 Å². The number of methoxy groups -OCH3 is 1. The van der Waals surface area contributed by atoms with Crippen molar-refractivity contribution < 1.29 is 27.5 Å². The number of likely N-dealkylation sites (N-methyl/N-ethyl adjacent to an activating group) is 1. The molecule has 176 valence electrons. The van der Waals surface area contributed by atoms with E-state index in [2.05, 4.69) is 5.32 Å². The van der Waals surface area contributed by atoms with Crippen LogP contribution in [0.5, 0.6) is 11.5 Å². The van der Waals surface area contributed by atoms with Crippen molar-refractivity contribution in [3.05, 3.63) is 42.0 Å². The molecule has 2 amide bonds. The summed E-state index contributed by atoms with van der Waals surface area (Å²) in [6.07, 6.45) is 1.04. The number of amides is 2. The second-order valence-electron chi connectivity index (χ2n) is 8.01. The molecule has 1 N–H and O–H groups in total. The van der Waals surface area contributed by atoms with E-state index in [1.54, 1.807) is 49.3 Å². The number of ether oxygens (including phenoxy) is 2. The third-order valence-electron chi connectivity index (χ3n) is 5.95. The molecule has 0 saturated carbocycles. The Morgan fingerprint density at radius 1 is 1.27 bits per heavy atom. The minimum Gasteiger partial charge on any atom is -0.497 e. The lowest BCUT2D eigenvalue weighted by molar-refractivity contribution is -0.121. The molecule has 1 atom stereocenters. The quantitative estimate of drug-likeness (QED) is 0.691. The van der Waals surface area contributed by atoms with Gasteiger partial charge < -0.3 is 19.7 Å². The van der Waals surface area contributed by atoms with Crippen molar-refractivity contribution in [1.29, 1.82) is 0 Å². The molecule has 2 aromatic carbocycles. The average molecular weight is 474 g/mol. The molecule has 0 bridgehead atoms. The van der Waals surface area contributed by atoms with Gasteiger partial charge in [0.2, 0.25) is 15.9 Å². The van der Waals surface area contributed by atoms with E-state index in [4.69, 9.17) is 9.47 Å². The zero-order valence-electron chi connectivity index (χ0n) is 18.8. The van der Waals surface area contributed by atoms with Crippen LogP contribution in [0.2, 0.25) is 0 Å². The first kappa shape index (κ1) is 23.1. The number of benzene rings is 2. The molecule has 2 heterocycles. The van der Waals surface area contributed by atoms with Crippen LogP contribution in [0.1, 0.15) is 25.3 Å². The maximum absolute atomic E-state index is 13.6. The Morgan fingerprint density at radius 2 is 2.00 bits per heavy atom. The van der Waals surface area contributed by atoms with Gasteiger partial charge in [0.25, 0.3) is 5.91 Å². The first-order valence-corrected chi connectivity index (χ1v) is 12.2. The highest BCUT2D eigenvalue weighted by molar-refractivity contribution is 7.89. The second kappa shape index (κ2) is 9.03. The molecule has 10 heteroatoms. The summed E-state index contributed by atoms with van der Waals surface area (Å²) in [7, 11) is -2.40. The van der Waals surface area contributed by atoms with E-state index in [1.165, 1.54) is 10.4 Å². The number of carbonyl (C=O) groups is 2. The van der Waals surface area contributed by atoms with E-state index in [0.717, 1.165) is 0 Å². The summed E-state index contributed by atoms with van der Waals surface area (Å²) in [4.78, 5) is 26.7. The van der Waals surface area contributed by atoms with E-state index < -0.39 is 16.1 Å². The number of nitrogens with one attached hydrogen (secondary N) is 1. The van der Waals surface area contributed by atoms with Gasteiger partial charge in [-0.3, -0.25) is 9.59 Å². The molecular weight excluding hydrogens is 446 g/mol. The summed E-state index contributed by atoms with van der Waals surface area (Å²) in [5, 5.41) is 2.68. The van der Waals surface area contributed by atoms with Gasteiger partial charge in [-0.15, -0.1) is 0 Å². The highest BCUT2D eigenvalue weighted by Crippen LogP contribution is 2.36. The molecule has 0 radical (unpaired) electrons. The van der Waals surface area contributed by atoms with Crippen molar-refractivity contribution in [2.24, 2.45) is 0 Å². The predicted octanol–water partition coefficient (Wildman–Crippen LogP) is 2.54. The third-order valence-corrected chi connectivity index (χ3v) is 8.00. The zero-order chi connectivity index (χ0) is 23.8. The van der Waals surface area contributed by atoms with Gasteiger partial charge in [-0.05, 0) is 62.6 Å². The van der Waals surface area contributed by atoms with Crippen LogP contribution in [0, 0.1) is 6.92 Å². The molecule has 0 aliphatic carbocycles. The molecule has 2 aliphatic heterocycles. The molecule has 1 saturated heterocycles. The topological polar surface area (TPSA) is 105 Å². The van der Waals surface area contributed by atoms with Gasteiger partial charge in [-0.1, -0.05) is 0 Å². The first-order chi connectivity index (χ1) is 15.8. The van der Waals surface area contributed by atoms with Gasteiger partial charge in [0.05, 0.1) is 17.7 Å². The Morgan fingerprint density at radius 3 is 2.67 bits per heavy atom. The number of hydrogen-bond acceptors (Lipinski definition) is 6. The van der Waals surface area contributed by atoms with Crippen LogP contribution in [0.3, 0.4) is 0 Å². The monoisotopic (exact) mass is 473 g/mol. The summed E-state index contributed by atoms with van der Waals surface area (Å²) in [6, 6.07) is 9.32. The number of hydrogen-bond donors (Lipinski definition) is 1. The van der Waals surface area contributed by atoms with Crippen molar-refractivity contribution >= 4 is 33.2 Å². The predicted molar refractivity (Wildman–Crippen MR) is 123 cm³/mol. The van der Waals surface area contributed by atoms with Gasteiger partial charge in [-0.2, -0.15) is 4.31 Å². The standard InChI is InChI=1S/C23H27N3O6S/c1-4-25(16-7-9-17(31-3)10-8-16)23(28)19-6-5-11-26(19)33(29,30)21-13-20-18(12-15(21)2)24-22(27)14-32-20/h7-10,12-13,19H,4-6,11,14H2,1-3H3,(H,24,27)/t19-/m0/s1. The van der Waals surface area contributed by atoms with E-state index in [0.29, 0.717) is 47.8 Å². The molecule has 0 aromatic heterocycles. The van der Waals surface area contributed by atoms with Crippen LogP contribution in [-0.4, -0.2) is 57.4 Å². The normalized spacial score (nSPS) is 18.3. The fourth-order valence-electron chi connectivity index (χ4n) is 4.30. The van der Waals surface area contributed by atoms with Gasteiger partial charge in [0, 0.05) is 24.8 Å². The number of anilines is 2. The van der Waals surface area contributed by atoms with Crippen molar-refractivity contribution in [2.45, 2.75) is 37.6 Å². The minimum absolute atomic E-state index is 0.0737. The number of nitrogens with zero attached hydrogens (tertiary/aromatic N) is 2. The fourth-order valence-corrected chi connectivity index (χ4v) is 6.18. The van der Waals surface area contributed by atoms with Crippen LogP contribution in [0.4, 0.5) is 11.4 Å². The molecular formula is C23H27N3O6S. The number of carbonyl (C=O) groups excluding carboxylic acids is 2. The molecule has 2 aliphatic rings. The van der Waals surface area contributed by atoms with Crippen LogP contribution in [-0.2, 0) is 19.6 Å². The minimum atomic E-state index is -3.97. The third kappa shape index (κ3) is 4.28. The summed E-state index contributed by atoms with van der Waals surface area (Å²) in [5.74, 6) is 0.423. The van der Waals surface area contributed by atoms with Crippen LogP contribution in [0.25, 0.3) is 0 Å². The van der Waals surface area contributed by atoms with E-state index in [1.807, 2.05) is 6.92 Å². The Hall–Kier alpha value is -3.11. The smallest absolute Gasteiger partial charge is 0.262 e. The molecule has 1 fully saturated rings. The number of aryl methyl sites for hydroxylation is 1. The zero-order valence-corrected chi connectivity index (χ0v) is 19.6. The van der Waals surface area contributed by atoms with Gasteiger partial charge in [0.15, 0.2) is 6.61 Å². The lowest BCUT2D eigenvalue weighted by atomic mass is 10.2. The summed E-state index contributed by atoms with van der Waals surface area (Å²) in [5.41, 5.74) is 1.59. The second-order valence-corrected chi connectivity index (χ2v) is 9.86. The Bertz CT molecular complexity index is 1180. The Balaban J connectivity index is 1.64. The average Bonchev–Trinajstić information content (AvgIpc) is 3.30. The van der Waals surface area contributed by atoms with Crippen LogP contribution in [0.15, 0.2) is 41.3 Å². The largest absolute Gasteiger partial charge is 0.497 e. The number of rotatable bonds is 6. The van der Waals surface area contributed by atoms with E-state index in [9.17, 15) is 18.0 Å². The Labute approximate surface area is 193 Å².